The largest absolute Gasteiger partial charge is 0.460 e. The lowest BCUT2D eigenvalue weighted by Crippen LogP contribution is -2.49. The summed E-state index contributed by atoms with van der Waals surface area (Å²) in [6.07, 6.45) is 1.04. The first kappa shape index (κ1) is 23.2. The highest BCUT2D eigenvalue weighted by Gasteiger charge is 2.44. The van der Waals surface area contributed by atoms with E-state index in [9.17, 15) is 14.4 Å². The Hall–Kier alpha value is -3.93. The molecule has 0 unspecified atom stereocenters. The summed E-state index contributed by atoms with van der Waals surface area (Å²) in [5, 5.41) is 2.85. The van der Waals surface area contributed by atoms with Gasteiger partial charge in [0.05, 0.1) is 5.41 Å². The topological polar surface area (TPSA) is 75.7 Å². The third-order valence-corrected chi connectivity index (χ3v) is 6.40. The Labute approximate surface area is 199 Å². The molecule has 0 aromatic heterocycles. The summed E-state index contributed by atoms with van der Waals surface area (Å²) in [5.41, 5.74) is 2.19. The Morgan fingerprint density at radius 1 is 0.853 bits per heavy atom. The van der Waals surface area contributed by atoms with Crippen molar-refractivity contribution >= 4 is 23.5 Å². The van der Waals surface area contributed by atoms with Gasteiger partial charge < -0.3 is 15.0 Å². The average Bonchev–Trinajstić information content (AvgIpc) is 2.88. The summed E-state index contributed by atoms with van der Waals surface area (Å²) >= 11 is 0. The predicted molar refractivity (Wildman–Crippen MR) is 130 cm³/mol. The van der Waals surface area contributed by atoms with Crippen LogP contribution in [-0.4, -0.2) is 35.8 Å². The van der Waals surface area contributed by atoms with Gasteiger partial charge in [0, 0.05) is 31.3 Å². The maximum absolute atomic E-state index is 13.4. The number of esters is 1. The van der Waals surface area contributed by atoms with E-state index in [0.717, 1.165) is 16.8 Å². The molecule has 0 radical (unpaired) electrons. The van der Waals surface area contributed by atoms with E-state index in [1.807, 2.05) is 60.7 Å². The minimum atomic E-state index is -0.775. The number of carbonyl (C=O) groups excluding carboxylic acids is 3. The van der Waals surface area contributed by atoms with E-state index in [1.165, 1.54) is 0 Å². The van der Waals surface area contributed by atoms with Gasteiger partial charge >= 0.3 is 5.97 Å². The molecule has 174 valence electrons. The smallest absolute Gasteiger partial charge is 0.317 e. The molecular formula is C28H28N2O4. The van der Waals surface area contributed by atoms with Crippen molar-refractivity contribution in [1.29, 1.82) is 0 Å². The molecule has 3 aromatic carbocycles. The van der Waals surface area contributed by atoms with Crippen molar-refractivity contribution in [1.82, 2.24) is 4.90 Å². The van der Waals surface area contributed by atoms with E-state index in [-0.39, 0.29) is 24.4 Å². The Morgan fingerprint density at radius 2 is 1.44 bits per heavy atom. The van der Waals surface area contributed by atoms with Crippen LogP contribution in [0.2, 0.25) is 0 Å². The molecule has 6 nitrogen and oxygen atoms in total. The quantitative estimate of drug-likeness (QED) is 0.552. The van der Waals surface area contributed by atoms with Gasteiger partial charge in [0.25, 0.3) is 5.91 Å². The van der Waals surface area contributed by atoms with Crippen molar-refractivity contribution in [2.45, 2.75) is 31.8 Å². The van der Waals surface area contributed by atoms with Gasteiger partial charge in [-0.05, 0) is 48.2 Å². The summed E-state index contributed by atoms with van der Waals surface area (Å²) in [7, 11) is 0. The Morgan fingerprint density at radius 3 is 2.03 bits per heavy atom. The zero-order valence-electron chi connectivity index (χ0n) is 19.2. The summed E-state index contributed by atoms with van der Waals surface area (Å²) in [6.45, 7) is 2.71. The number of anilines is 1. The number of piperidine rings is 1. The highest BCUT2D eigenvalue weighted by molar-refractivity contribution is 6.04. The second-order valence-corrected chi connectivity index (χ2v) is 8.55. The molecular weight excluding hydrogens is 428 g/mol. The lowest BCUT2D eigenvalue weighted by atomic mass is 9.72. The zero-order chi connectivity index (χ0) is 24.0. The number of para-hydroxylation sites is 1. The summed E-state index contributed by atoms with van der Waals surface area (Å²) < 4.78 is 5.77. The second kappa shape index (κ2) is 10.3. The molecule has 2 amide bonds. The Kier molecular flexibility index (Phi) is 7.07. The minimum absolute atomic E-state index is 0.0198. The second-order valence-electron chi connectivity index (χ2n) is 8.55. The van der Waals surface area contributed by atoms with Crippen LogP contribution >= 0.6 is 0 Å². The van der Waals surface area contributed by atoms with E-state index in [1.54, 1.807) is 36.1 Å². The van der Waals surface area contributed by atoms with E-state index < -0.39 is 5.41 Å². The van der Waals surface area contributed by atoms with Crippen LogP contribution < -0.4 is 5.32 Å². The van der Waals surface area contributed by atoms with Crippen molar-refractivity contribution in [3.63, 3.8) is 0 Å². The number of hydrogen-bond acceptors (Lipinski definition) is 4. The van der Waals surface area contributed by atoms with Crippen LogP contribution in [0.25, 0.3) is 0 Å². The number of nitrogens with zero attached hydrogens (tertiary/aromatic N) is 1. The molecule has 6 heteroatoms. The van der Waals surface area contributed by atoms with Crippen LogP contribution in [0.4, 0.5) is 5.69 Å². The van der Waals surface area contributed by atoms with Gasteiger partial charge in [0.1, 0.15) is 6.61 Å². The first-order chi connectivity index (χ1) is 16.5. The van der Waals surface area contributed by atoms with Gasteiger partial charge in [-0.1, -0.05) is 60.7 Å². The van der Waals surface area contributed by atoms with Gasteiger partial charge in [-0.15, -0.1) is 0 Å². The maximum atomic E-state index is 13.4. The lowest BCUT2D eigenvalue weighted by molar-refractivity contribution is -0.155. The Bertz CT molecular complexity index is 1140. The van der Waals surface area contributed by atoms with Gasteiger partial charge in [-0.2, -0.15) is 0 Å². The van der Waals surface area contributed by atoms with Crippen molar-refractivity contribution in [3.8, 4) is 0 Å². The fourth-order valence-electron chi connectivity index (χ4n) is 4.34. The molecule has 4 rings (SSSR count). The summed E-state index contributed by atoms with van der Waals surface area (Å²) in [5.74, 6) is -0.464. The number of likely N-dealkylation sites (tertiary alicyclic amines) is 1. The van der Waals surface area contributed by atoms with Crippen LogP contribution in [-0.2, 0) is 26.3 Å². The fourth-order valence-corrected chi connectivity index (χ4v) is 4.34. The van der Waals surface area contributed by atoms with Crippen LogP contribution in [0.3, 0.4) is 0 Å². The molecule has 1 aliphatic heterocycles. The van der Waals surface area contributed by atoms with Crippen molar-refractivity contribution in [2.75, 3.05) is 18.4 Å². The fraction of sp³-hybridized carbons (Fsp3) is 0.250. The minimum Gasteiger partial charge on any atom is -0.460 e. The highest BCUT2D eigenvalue weighted by Crippen LogP contribution is 2.37. The number of hydrogen-bond donors (Lipinski definition) is 1. The van der Waals surface area contributed by atoms with Crippen molar-refractivity contribution in [2.24, 2.45) is 0 Å². The molecule has 0 aliphatic carbocycles. The molecule has 0 bridgehead atoms. The molecule has 1 fully saturated rings. The first-order valence-corrected chi connectivity index (χ1v) is 11.4. The summed E-state index contributed by atoms with van der Waals surface area (Å²) in [6, 6.07) is 25.9. The number of amides is 2. The van der Waals surface area contributed by atoms with E-state index in [2.05, 4.69) is 5.32 Å². The van der Waals surface area contributed by atoms with Gasteiger partial charge in [0.2, 0.25) is 5.91 Å². The Balaban J connectivity index is 1.42. The SMILES string of the molecule is CC(=O)N1CCC(C(=O)OCc2ccc(C(=O)Nc3ccccc3)cc2)(c2ccccc2)CC1. The van der Waals surface area contributed by atoms with Crippen molar-refractivity contribution in [3.05, 3.63) is 102 Å². The van der Waals surface area contributed by atoms with Gasteiger partial charge in [0.15, 0.2) is 0 Å². The van der Waals surface area contributed by atoms with E-state index >= 15 is 0 Å². The number of rotatable bonds is 6. The number of nitrogens with one attached hydrogen (secondary N) is 1. The maximum Gasteiger partial charge on any atom is 0.317 e. The average molecular weight is 457 g/mol. The van der Waals surface area contributed by atoms with Crippen LogP contribution in [0.1, 0.15) is 41.3 Å². The molecule has 0 saturated carbocycles. The van der Waals surface area contributed by atoms with Crippen LogP contribution in [0.15, 0.2) is 84.9 Å². The highest BCUT2D eigenvalue weighted by atomic mass is 16.5. The predicted octanol–water partition coefficient (Wildman–Crippen LogP) is 4.56. The molecule has 0 atom stereocenters. The normalized spacial score (nSPS) is 14.8. The third-order valence-electron chi connectivity index (χ3n) is 6.40. The van der Waals surface area contributed by atoms with E-state index in [4.69, 9.17) is 4.74 Å². The molecule has 1 N–H and O–H groups in total. The standard InChI is InChI=1S/C28H28N2O4/c1-21(31)30-18-16-28(17-19-30,24-8-4-2-5-9-24)27(33)34-20-22-12-14-23(15-13-22)26(32)29-25-10-6-3-7-11-25/h2-15H,16-20H2,1H3,(H,29,32). The number of ether oxygens (including phenoxy) is 1. The number of carbonyl (C=O) groups is 3. The lowest BCUT2D eigenvalue weighted by Gasteiger charge is -2.40. The van der Waals surface area contributed by atoms with Crippen LogP contribution in [0, 0.1) is 0 Å². The molecule has 3 aromatic rings. The molecule has 1 heterocycles. The molecule has 1 aliphatic rings. The zero-order valence-corrected chi connectivity index (χ0v) is 19.2. The first-order valence-electron chi connectivity index (χ1n) is 11.4. The van der Waals surface area contributed by atoms with Gasteiger partial charge in [-0.3, -0.25) is 14.4 Å². The molecule has 0 spiro atoms. The van der Waals surface area contributed by atoms with Crippen LogP contribution in [0.5, 0.6) is 0 Å². The third kappa shape index (κ3) is 5.17. The van der Waals surface area contributed by atoms with E-state index in [0.29, 0.717) is 31.5 Å². The van der Waals surface area contributed by atoms with Crippen molar-refractivity contribution < 1.29 is 19.1 Å². The molecule has 34 heavy (non-hydrogen) atoms. The monoisotopic (exact) mass is 456 g/mol. The summed E-state index contributed by atoms with van der Waals surface area (Å²) in [4.78, 5) is 39.4. The number of benzene rings is 3. The molecule has 1 saturated heterocycles. The van der Waals surface area contributed by atoms with Gasteiger partial charge in [-0.25, -0.2) is 0 Å².